The molecule has 1 fully saturated rings. The summed E-state index contributed by atoms with van der Waals surface area (Å²) in [7, 11) is 4.09. The van der Waals surface area contributed by atoms with Gasteiger partial charge in [-0.25, -0.2) is 0 Å². The second-order valence-corrected chi connectivity index (χ2v) is 3.82. The van der Waals surface area contributed by atoms with Gasteiger partial charge in [0.2, 0.25) is 5.96 Å². The van der Waals surface area contributed by atoms with Gasteiger partial charge in [-0.05, 0) is 12.2 Å². The molecule has 0 aliphatic carbocycles. The summed E-state index contributed by atoms with van der Waals surface area (Å²) in [6.45, 7) is 3.89. The number of rotatable bonds is 0. The Hall–Kier alpha value is -0.840. The second kappa shape index (κ2) is 3.14. The first-order valence-corrected chi connectivity index (χ1v) is 4.89. The van der Waals surface area contributed by atoms with E-state index >= 15 is 0 Å². The van der Waals surface area contributed by atoms with Crippen LogP contribution >= 0.6 is 12.2 Å². The molecule has 0 aromatic carbocycles. The molecule has 0 aromatic heterocycles. The van der Waals surface area contributed by atoms with Gasteiger partial charge in [0.15, 0.2) is 5.11 Å². The molecule has 2 aliphatic heterocycles. The van der Waals surface area contributed by atoms with Crippen LogP contribution in [-0.2, 0) is 0 Å². The van der Waals surface area contributed by atoms with Crippen molar-refractivity contribution in [3.8, 4) is 0 Å². The number of likely N-dealkylation sites (N-methyl/N-ethyl adjacent to an activating group) is 2. The molecule has 0 N–H and O–H groups in total. The highest BCUT2D eigenvalue weighted by molar-refractivity contribution is 7.80. The van der Waals surface area contributed by atoms with Gasteiger partial charge in [-0.2, -0.15) is 0 Å². The largest absolute Gasteiger partial charge is 0.350 e. The normalized spacial score (nSPS) is 23.1. The minimum atomic E-state index is 0.896. The van der Waals surface area contributed by atoms with E-state index in [2.05, 4.69) is 26.7 Å². The summed E-state index contributed by atoms with van der Waals surface area (Å²) in [6, 6.07) is 0. The van der Waals surface area contributed by atoms with E-state index in [1.165, 1.54) is 0 Å². The van der Waals surface area contributed by atoms with Gasteiger partial charge < -0.3 is 9.80 Å². The monoisotopic (exact) mass is 198 g/mol. The summed E-state index contributed by atoms with van der Waals surface area (Å²) in [5.41, 5.74) is 0. The van der Waals surface area contributed by atoms with Crippen molar-refractivity contribution in [1.82, 2.24) is 14.7 Å². The number of hydrogen-bond acceptors (Lipinski definition) is 3. The highest BCUT2D eigenvalue weighted by Crippen LogP contribution is 2.12. The smallest absolute Gasteiger partial charge is 0.202 e. The maximum atomic E-state index is 5.30. The topological polar surface area (TPSA) is 22.1 Å². The van der Waals surface area contributed by atoms with Gasteiger partial charge in [0, 0.05) is 33.7 Å². The van der Waals surface area contributed by atoms with Crippen molar-refractivity contribution >= 4 is 23.3 Å². The zero-order valence-electron chi connectivity index (χ0n) is 8.03. The van der Waals surface area contributed by atoms with Crippen molar-refractivity contribution in [2.75, 3.05) is 40.3 Å². The molecule has 0 atom stereocenters. The van der Waals surface area contributed by atoms with Gasteiger partial charge in [-0.1, -0.05) is 0 Å². The molecule has 0 spiro atoms. The predicted octanol–water partition coefficient (Wildman–Crippen LogP) is -0.180. The standard InChI is InChI=1S/C8H14N4S/c1-10-4-3-9-7(10)12-6-5-11(2)8(12)13/h3-6H2,1-2H3. The summed E-state index contributed by atoms with van der Waals surface area (Å²) in [5, 5.41) is 0.896. The predicted molar refractivity (Wildman–Crippen MR) is 56.9 cm³/mol. The van der Waals surface area contributed by atoms with Crippen LogP contribution in [0.25, 0.3) is 0 Å². The third-order valence-corrected chi connectivity index (χ3v) is 3.02. The van der Waals surface area contributed by atoms with E-state index in [-0.39, 0.29) is 0 Å². The van der Waals surface area contributed by atoms with E-state index in [0.717, 1.165) is 37.3 Å². The van der Waals surface area contributed by atoms with Gasteiger partial charge >= 0.3 is 0 Å². The first-order chi connectivity index (χ1) is 6.20. The lowest BCUT2D eigenvalue weighted by Crippen LogP contribution is -2.41. The van der Waals surface area contributed by atoms with Crippen LogP contribution < -0.4 is 0 Å². The Balaban J connectivity index is 2.14. The minimum Gasteiger partial charge on any atom is -0.350 e. The van der Waals surface area contributed by atoms with Crippen molar-refractivity contribution < 1.29 is 0 Å². The van der Waals surface area contributed by atoms with Crippen molar-refractivity contribution in [3.63, 3.8) is 0 Å². The Labute approximate surface area is 83.8 Å². The number of thiocarbonyl (C=S) groups is 1. The lowest BCUT2D eigenvalue weighted by Gasteiger charge is -2.24. The molecule has 0 unspecified atom stereocenters. The van der Waals surface area contributed by atoms with E-state index in [0.29, 0.717) is 0 Å². The molecule has 0 amide bonds. The second-order valence-electron chi connectivity index (χ2n) is 3.46. The zero-order valence-corrected chi connectivity index (χ0v) is 8.84. The van der Waals surface area contributed by atoms with Gasteiger partial charge in [-0.3, -0.25) is 9.89 Å². The fourth-order valence-corrected chi connectivity index (χ4v) is 1.91. The molecular weight excluding hydrogens is 184 g/mol. The molecule has 4 nitrogen and oxygen atoms in total. The summed E-state index contributed by atoms with van der Waals surface area (Å²) >= 11 is 5.30. The number of nitrogens with zero attached hydrogens (tertiary/aromatic N) is 4. The molecule has 13 heavy (non-hydrogen) atoms. The van der Waals surface area contributed by atoms with Crippen molar-refractivity contribution in [2.45, 2.75) is 0 Å². The van der Waals surface area contributed by atoms with Crippen molar-refractivity contribution in [1.29, 1.82) is 0 Å². The molecule has 2 aliphatic rings. The Morgan fingerprint density at radius 1 is 1.15 bits per heavy atom. The third kappa shape index (κ3) is 1.37. The summed E-state index contributed by atoms with van der Waals surface area (Å²) < 4.78 is 0. The summed E-state index contributed by atoms with van der Waals surface area (Å²) in [6.07, 6.45) is 0. The van der Waals surface area contributed by atoms with Crippen LogP contribution in [0.5, 0.6) is 0 Å². The van der Waals surface area contributed by atoms with Crippen molar-refractivity contribution in [2.24, 2.45) is 4.99 Å². The lowest BCUT2D eigenvalue weighted by molar-refractivity contribution is 0.490. The van der Waals surface area contributed by atoms with Crippen molar-refractivity contribution in [3.05, 3.63) is 0 Å². The minimum absolute atomic E-state index is 0.896. The van der Waals surface area contributed by atoms with Crippen LogP contribution in [0, 0.1) is 0 Å². The number of guanidine groups is 1. The first-order valence-electron chi connectivity index (χ1n) is 4.48. The van der Waals surface area contributed by atoms with Crippen LogP contribution in [-0.4, -0.2) is 66.0 Å². The Morgan fingerprint density at radius 3 is 2.38 bits per heavy atom. The molecule has 0 bridgehead atoms. The highest BCUT2D eigenvalue weighted by atomic mass is 32.1. The summed E-state index contributed by atoms with van der Waals surface area (Å²) in [4.78, 5) is 10.8. The van der Waals surface area contributed by atoms with Gasteiger partial charge in [-0.15, -0.1) is 0 Å². The third-order valence-electron chi connectivity index (χ3n) is 2.49. The molecule has 0 aromatic rings. The van der Waals surface area contributed by atoms with Crippen LogP contribution in [0.3, 0.4) is 0 Å². The molecule has 72 valence electrons. The van der Waals surface area contributed by atoms with Gasteiger partial charge in [0.25, 0.3) is 0 Å². The quantitative estimate of drug-likeness (QED) is 0.503. The molecule has 1 saturated heterocycles. The molecule has 0 radical (unpaired) electrons. The average molecular weight is 198 g/mol. The van der Waals surface area contributed by atoms with E-state index in [9.17, 15) is 0 Å². The first kappa shape index (κ1) is 8.74. The van der Waals surface area contributed by atoms with Crippen LogP contribution in [0.15, 0.2) is 4.99 Å². The molecule has 2 heterocycles. The van der Waals surface area contributed by atoms with Gasteiger partial charge in [0.1, 0.15) is 0 Å². The maximum absolute atomic E-state index is 5.30. The number of aliphatic imine (C=N–C) groups is 1. The summed E-state index contributed by atoms with van der Waals surface area (Å²) in [5.74, 6) is 1.04. The van der Waals surface area contributed by atoms with E-state index < -0.39 is 0 Å². The highest BCUT2D eigenvalue weighted by Gasteiger charge is 2.29. The van der Waals surface area contributed by atoms with E-state index in [1.807, 2.05) is 7.05 Å². The average Bonchev–Trinajstić information content (AvgIpc) is 2.62. The number of hydrogen-bond donors (Lipinski definition) is 0. The fourth-order valence-electron chi connectivity index (χ4n) is 1.65. The SMILES string of the molecule is CN1CCN(C2=NCCN2C)C1=S. The maximum Gasteiger partial charge on any atom is 0.202 e. The Morgan fingerprint density at radius 2 is 1.92 bits per heavy atom. The Bertz CT molecular complexity index is 263. The van der Waals surface area contributed by atoms with Crippen LogP contribution in [0.4, 0.5) is 0 Å². The van der Waals surface area contributed by atoms with Crippen LogP contribution in [0.1, 0.15) is 0 Å². The molecule has 2 rings (SSSR count). The van der Waals surface area contributed by atoms with Gasteiger partial charge in [0.05, 0.1) is 6.54 Å². The van der Waals surface area contributed by atoms with E-state index in [1.54, 1.807) is 0 Å². The Kier molecular flexibility index (Phi) is 2.11. The van der Waals surface area contributed by atoms with Crippen LogP contribution in [0.2, 0.25) is 0 Å². The zero-order chi connectivity index (χ0) is 9.42. The lowest BCUT2D eigenvalue weighted by atomic mass is 10.6. The fraction of sp³-hybridized carbons (Fsp3) is 0.750. The molecule has 0 saturated carbocycles. The molecule has 5 heteroatoms. The molecular formula is C8H14N4S. The van der Waals surface area contributed by atoms with E-state index in [4.69, 9.17) is 12.2 Å².